The molecule has 0 aliphatic rings. The van der Waals surface area contributed by atoms with Gasteiger partial charge in [-0.1, -0.05) is 18.2 Å². The fourth-order valence-corrected chi connectivity index (χ4v) is 1.85. The molecule has 0 aromatic heterocycles. The smallest absolute Gasteiger partial charge is 0.303 e. The predicted molar refractivity (Wildman–Crippen MR) is 75.4 cm³/mol. The lowest BCUT2D eigenvalue weighted by Gasteiger charge is -2.14. The lowest BCUT2D eigenvalue weighted by atomic mass is 10.2. The van der Waals surface area contributed by atoms with Crippen LogP contribution in [0.15, 0.2) is 24.3 Å². The summed E-state index contributed by atoms with van der Waals surface area (Å²) in [6.45, 7) is 1.50. The number of nitrogens with zero attached hydrogens (tertiary/aromatic N) is 1. The first kappa shape index (κ1) is 15.5. The number of para-hydroxylation sites is 1. The fourth-order valence-electron chi connectivity index (χ4n) is 1.85. The van der Waals surface area contributed by atoms with Crippen molar-refractivity contribution < 1.29 is 14.6 Å². The van der Waals surface area contributed by atoms with Crippen LogP contribution in [0.2, 0.25) is 0 Å². The summed E-state index contributed by atoms with van der Waals surface area (Å²) in [6.07, 6.45) is 2.75. The highest BCUT2D eigenvalue weighted by molar-refractivity contribution is 5.66. The summed E-state index contributed by atoms with van der Waals surface area (Å²) >= 11 is 0. The SMILES string of the molecule is CN(C)Cc1ccccc1OCCCCCC(=O)O. The van der Waals surface area contributed by atoms with Crippen LogP contribution in [0, 0.1) is 0 Å². The summed E-state index contributed by atoms with van der Waals surface area (Å²) in [6, 6.07) is 8.04. The lowest BCUT2D eigenvalue weighted by molar-refractivity contribution is -0.137. The third-order valence-corrected chi connectivity index (χ3v) is 2.75. The second kappa shape index (κ2) is 8.53. The van der Waals surface area contributed by atoms with Crippen LogP contribution in [0.4, 0.5) is 0 Å². The molecule has 0 fully saturated rings. The number of aliphatic carboxylic acids is 1. The summed E-state index contributed by atoms with van der Waals surface area (Å²) < 4.78 is 5.77. The highest BCUT2D eigenvalue weighted by Crippen LogP contribution is 2.19. The zero-order valence-corrected chi connectivity index (χ0v) is 11.8. The Hall–Kier alpha value is -1.55. The molecule has 0 amide bonds. The number of hydrogen-bond acceptors (Lipinski definition) is 3. The van der Waals surface area contributed by atoms with Crippen LogP contribution in [0.1, 0.15) is 31.2 Å². The second-order valence-corrected chi connectivity index (χ2v) is 4.90. The van der Waals surface area contributed by atoms with E-state index in [1.165, 1.54) is 5.56 Å². The maximum atomic E-state index is 10.4. The number of carboxylic acid groups (broad SMARTS) is 1. The van der Waals surface area contributed by atoms with Gasteiger partial charge in [-0.3, -0.25) is 4.79 Å². The molecule has 0 aliphatic carbocycles. The molecule has 1 aromatic rings. The van der Waals surface area contributed by atoms with Crippen molar-refractivity contribution in [1.82, 2.24) is 4.90 Å². The van der Waals surface area contributed by atoms with Crippen molar-refractivity contribution in [2.24, 2.45) is 0 Å². The minimum atomic E-state index is -0.725. The van der Waals surface area contributed by atoms with Crippen molar-refractivity contribution in [3.8, 4) is 5.75 Å². The van der Waals surface area contributed by atoms with E-state index in [1.807, 2.05) is 32.3 Å². The average molecular weight is 265 g/mol. The zero-order chi connectivity index (χ0) is 14.1. The number of ether oxygens (including phenoxy) is 1. The number of carbonyl (C=O) groups is 1. The molecule has 0 atom stereocenters. The standard InChI is InChI=1S/C15H23NO3/c1-16(2)12-13-8-5-6-9-14(13)19-11-7-3-4-10-15(17)18/h5-6,8-9H,3-4,7,10-12H2,1-2H3,(H,17,18). The Morgan fingerprint density at radius 1 is 1.21 bits per heavy atom. The van der Waals surface area contributed by atoms with E-state index in [0.717, 1.165) is 31.6 Å². The van der Waals surface area contributed by atoms with E-state index in [0.29, 0.717) is 6.61 Å². The molecule has 19 heavy (non-hydrogen) atoms. The van der Waals surface area contributed by atoms with Crippen molar-refractivity contribution in [2.75, 3.05) is 20.7 Å². The molecule has 0 bridgehead atoms. The van der Waals surface area contributed by atoms with Crippen molar-refractivity contribution in [1.29, 1.82) is 0 Å². The Kier molecular flexibility index (Phi) is 6.97. The van der Waals surface area contributed by atoms with Crippen molar-refractivity contribution in [3.63, 3.8) is 0 Å². The molecule has 0 saturated carbocycles. The Morgan fingerprint density at radius 3 is 2.63 bits per heavy atom. The van der Waals surface area contributed by atoms with Gasteiger partial charge in [0.25, 0.3) is 0 Å². The fraction of sp³-hybridized carbons (Fsp3) is 0.533. The highest BCUT2D eigenvalue weighted by atomic mass is 16.5. The van der Waals surface area contributed by atoms with Crippen LogP contribution < -0.4 is 4.74 Å². The molecule has 4 heteroatoms. The van der Waals surface area contributed by atoms with Gasteiger partial charge in [0.1, 0.15) is 5.75 Å². The Bertz CT molecular complexity index is 391. The summed E-state index contributed by atoms with van der Waals surface area (Å²) in [5.41, 5.74) is 1.18. The third kappa shape index (κ3) is 6.82. The van der Waals surface area contributed by atoms with Gasteiger partial charge in [0.15, 0.2) is 0 Å². The first-order chi connectivity index (χ1) is 9.09. The summed E-state index contributed by atoms with van der Waals surface area (Å²) in [7, 11) is 4.06. The topological polar surface area (TPSA) is 49.8 Å². The van der Waals surface area contributed by atoms with Crippen LogP contribution in [-0.2, 0) is 11.3 Å². The minimum Gasteiger partial charge on any atom is -0.493 e. The second-order valence-electron chi connectivity index (χ2n) is 4.90. The molecule has 4 nitrogen and oxygen atoms in total. The number of benzene rings is 1. The monoisotopic (exact) mass is 265 g/mol. The van der Waals surface area contributed by atoms with E-state index >= 15 is 0 Å². The molecule has 1 N–H and O–H groups in total. The van der Waals surface area contributed by atoms with Crippen LogP contribution in [0.5, 0.6) is 5.75 Å². The third-order valence-electron chi connectivity index (χ3n) is 2.75. The zero-order valence-electron chi connectivity index (χ0n) is 11.8. The normalized spacial score (nSPS) is 10.7. The Balaban J connectivity index is 2.30. The van der Waals surface area contributed by atoms with E-state index in [4.69, 9.17) is 9.84 Å². The Morgan fingerprint density at radius 2 is 1.95 bits per heavy atom. The molecule has 106 valence electrons. The quantitative estimate of drug-likeness (QED) is 0.697. The maximum absolute atomic E-state index is 10.4. The molecule has 0 aliphatic heterocycles. The van der Waals surface area contributed by atoms with Gasteiger partial charge in [-0.25, -0.2) is 0 Å². The number of unbranched alkanes of at least 4 members (excludes halogenated alkanes) is 2. The Labute approximate surface area is 115 Å². The van der Waals surface area contributed by atoms with E-state index in [2.05, 4.69) is 11.0 Å². The number of hydrogen-bond donors (Lipinski definition) is 1. The van der Waals surface area contributed by atoms with E-state index in [1.54, 1.807) is 0 Å². The molecule has 0 unspecified atom stereocenters. The first-order valence-corrected chi connectivity index (χ1v) is 6.67. The largest absolute Gasteiger partial charge is 0.493 e. The van der Waals surface area contributed by atoms with E-state index in [9.17, 15) is 4.79 Å². The summed E-state index contributed by atoms with van der Waals surface area (Å²) in [5, 5.41) is 8.53. The van der Waals surface area contributed by atoms with Crippen molar-refractivity contribution >= 4 is 5.97 Å². The summed E-state index contributed by atoms with van der Waals surface area (Å²) in [5.74, 6) is 0.201. The maximum Gasteiger partial charge on any atom is 0.303 e. The molecular weight excluding hydrogens is 242 g/mol. The van der Waals surface area contributed by atoms with Crippen LogP contribution in [-0.4, -0.2) is 36.7 Å². The molecule has 0 spiro atoms. The molecule has 0 heterocycles. The van der Waals surface area contributed by atoms with Crippen LogP contribution >= 0.6 is 0 Å². The van der Waals surface area contributed by atoms with Crippen LogP contribution in [0.25, 0.3) is 0 Å². The van der Waals surface area contributed by atoms with Gasteiger partial charge in [0, 0.05) is 18.5 Å². The van der Waals surface area contributed by atoms with Crippen molar-refractivity contribution in [2.45, 2.75) is 32.2 Å². The van der Waals surface area contributed by atoms with E-state index < -0.39 is 5.97 Å². The average Bonchev–Trinajstić information content (AvgIpc) is 2.34. The number of rotatable bonds is 9. The summed E-state index contributed by atoms with van der Waals surface area (Å²) in [4.78, 5) is 12.5. The number of carboxylic acids is 1. The van der Waals surface area contributed by atoms with Crippen molar-refractivity contribution in [3.05, 3.63) is 29.8 Å². The van der Waals surface area contributed by atoms with Gasteiger partial charge < -0.3 is 14.7 Å². The molecule has 0 saturated heterocycles. The van der Waals surface area contributed by atoms with Gasteiger partial charge in [0.2, 0.25) is 0 Å². The lowest BCUT2D eigenvalue weighted by Crippen LogP contribution is -2.12. The first-order valence-electron chi connectivity index (χ1n) is 6.67. The molecule has 0 radical (unpaired) electrons. The highest BCUT2D eigenvalue weighted by Gasteiger charge is 2.04. The molecule has 1 rings (SSSR count). The van der Waals surface area contributed by atoms with Gasteiger partial charge in [-0.2, -0.15) is 0 Å². The predicted octanol–water partition coefficient (Wildman–Crippen LogP) is 2.77. The molecular formula is C15H23NO3. The van der Waals surface area contributed by atoms with E-state index in [-0.39, 0.29) is 6.42 Å². The molecule has 1 aromatic carbocycles. The van der Waals surface area contributed by atoms with Gasteiger partial charge in [-0.15, -0.1) is 0 Å². The van der Waals surface area contributed by atoms with Gasteiger partial charge in [0.05, 0.1) is 6.61 Å². The minimum absolute atomic E-state index is 0.247. The van der Waals surface area contributed by atoms with Gasteiger partial charge in [-0.05, 0) is 39.4 Å². The van der Waals surface area contributed by atoms with Gasteiger partial charge >= 0.3 is 5.97 Å². The van der Waals surface area contributed by atoms with Crippen LogP contribution in [0.3, 0.4) is 0 Å².